The zero-order valence-electron chi connectivity index (χ0n) is 12.2. The quantitative estimate of drug-likeness (QED) is 0.634. The van der Waals surface area contributed by atoms with E-state index < -0.39 is 0 Å². The first-order valence-corrected chi connectivity index (χ1v) is 9.38. The zero-order valence-corrected chi connectivity index (χ0v) is 15.3. The molecule has 1 aromatic carbocycles. The Labute approximate surface area is 149 Å². The van der Waals surface area contributed by atoms with Crippen LogP contribution in [0.4, 0.5) is 5.69 Å². The molecule has 4 fully saturated rings. The van der Waals surface area contributed by atoms with Crippen molar-refractivity contribution in [2.24, 2.45) is 17.3 Å². The molecule has 118 valence electrons. The van der Waals surface area contributed by atoms with Gasteiger partial charge in [-0.3, -0.25) is 4.79 Å². The van der Waals surface area contributed by atoms with E-state index in [9.17, 15) is 4.79 Å². The zero-order chi connectivity index (χ0) is 15.5. The number of hydrogen-bond donors (Lipinski definition) is 1. The highest BCUT2D eigenvalue weighted by molar-refractivity contribution is 9.10. The van der Waals surface area contributed by atoms with Crippen LogP contribution in [-0.2, 0) is 4.79 Å². The molecule has 0 spiro atoms. The molecule has 1 aromatic rings. The fraction of sp³-hybridized carbons (Fsp3) is 0.588. The second-order valence-electron chi connectivity index (χ2n) is 7.45. The monoisotopic (exact) mass is 401 g/mol. The Morgan fingerprint density at radius 2 is 1.86 bits per heavy atom. The molecule has 0 heterocycles. The van der Waals surface area contributed by atoms with Crippen molar-refractivity contribution in [3.63, 3.8) is 0 Å². The Balaban J connectivity index is 1.61. The van der Waals surface area contributed by atoms with Gasteiger partial charge in [-0.1, -0.05) is 45.2 Å². The van der Waals surface area contributed by atoms with Crippen molar-refractivity contribution in [1.29, 1.82) is 0 Å². The molecule has 5 heteroatoms. The first kappa shape index (κ1) is 15.3. The number of nitrogens with one attached hydrogen (secondary N) is 1. The van der Waals surface area contributed by atoms with Gasteiger partial charge in [0.1, 0.15) is 0 Å². The third kappa shape index (κ3) is 2.40. The van der Waals surface area contributed by atoms with E-state index in [1.165, 1.54) is 19.3 Å². The maximum absolute atomic E-state index is 13.0. The number of rotatable bonds is 2. The van der Waals surface area contributed by atoms with E-state index in [0.29, 0.717) is 27.6 Å². The standard InChI is InChI=1S/C17H18BrCl2NO/c18-17-7-10-4-11(8-17)6-16(5-10,9-17)15(22)21-13-3-1-2-12(19)14(13)20/h1-3,10-11H,4-9H2,(H,21,22). The molecule has 2 unspecified atom stereocenters. The van der Waals surface area contributed by atoms with Crippen LogP contribution in [0.15, 0.2) is 18.2 Å². The van der Waals surface area contributed by atoms with Crippen LogP contribution in [-0.4, -0.2) is 10.2 Å². The summed E-state index contributed by atoms with van der Waals surface area (Å²) < 4.78 is 0.173. The molecule has 2 nitrogen and oxygen atoms in total. The van der Waals surface area contributed by atoms with Gasteiger partial charge in [0.05, 0.1) is 21.1 Å². The molecule has 1 amide bonds. The average Bonchev–Trinajstić information content (AvgIpc) is 2.41. The van der Waals surface area contributed by atoms with Crippen LogP contribution in [0.25, 0.3) is 0 Å². The normalized spacial score (nSPS) is 39.0. The number of anilines is 1. The molecular formula is C17H18BrCl2NO. The maximum atomic E-state index is 13.0. The predicted molar refractivity (Wildman–Crippen MR) is 93.9 cm³/mol. The topological polar surface area (TPSA) is 29.1 Å². The molecule has 4 aliphatic carbocycles. The lowest BCUT2D eigenvalue weighted by molar-refractivity contribution is -0.138. The Hall–Kier alpha value is -0.250. The lowest BCUT2D eigenvalue weighted by atomic mass is 9.49. The van der Waals surface area contributed by atoms with Gasteiger partial charge in [-0.2, -0.15) is 0 Å². The molecule has 4 aliphatic rings. The van der Waals surface area contributed by atoms with E-state index in [-0.39, 0.29) is 15.6 Å². The molecule has 1 N–H and O–H groups in total. The Bertz CT molecular complexity index is 634. The highest BCUT2D eigenvalue weighted by Crippen LogP contribution is 2.64. The highest BCUT2D eigenvalue weighted by atomic mass is 79.9. The van der Waals surface area contributed by atoms with Crippen molar-refractivity contribution in [3.05, 3.63) is 28.2 Å². The van der Waals surface area contributed by atoms with Crippen LogP contribution < -0.4 is 5.32 Å². The van der Waals surface area contributed by atoms with E-state index in [1.807, 2.05) is 12.1 Å². The molecule has 2 atom stereocenters. The van der Waals surface area contributed by atoms with Crippen molar-refractivity contribution < 1.29 is 4.79 Å². The van der Waals surface area contributed by atoms with E-state index >= 15 is 0 Å². The minimum atomic E-state index is -0.237. The lowest BCUT2D eigenvalue weighted by Gasteiger charge is -2.59. The van der Waals surface area contributed by atoms with Crippen LogP contribution in [0.5, 0.6) is 0 Å². The first-order valence-electron chi connectivity index (χ1n) is 7.84. The molecule has 4 bridgehead atoms. The van der Waals surface area contributed by atoms with Crippen LogP contribution in [0.3, 0.4) is 0 Å². The summed E-state index contributed by atoms with van der Waals surface area (Å²) in [5.74, 6) is 1.48. The molecule has 0 saturated heterocycles. The number of alkyl halides is 1. The van der Waals surface area contributed by atoms with Gasteiger partial charge in [0.2, 0.25) is 5.91 Å². The highest BCUT2D eigenvalue weighted by Gasteiger charge is 2.59. The number of halogens is 3. The third-order valence-corrected chi connectivity index (χ3v) is 7.42. The van der Waals surface area contributed by atoms with Crippen LogP contribution in [0.1, 0.15) is 38.5 Å². The summed E-state index contributed by atoms with van der Waals surface area (Å²) in [6.07, 6.45) is 6.70. The van der Waals surface area contributed by atoms with Gasteiger partial charge in [0, 0.05) is 4.32 Å². The van der Waals surface area contributed by atoms with E-state index in [2.05, 4.69) is 21.2 Å². The summed E-state index contributed by atoms with van der Waals surface area (Å²) in [5.41, 5.74) is 0.387. The number of benzene rings is 1. The van der Waals surface area contributed by atoms with Gasteiger partial charge in [-0.25, -0.2) is 0 Å². The summed E-state index contributed by atoms with van der Waals surface area (Å²) >= 11 is 16.2. The van der Waals surface area contributed by atoms with Crippen molar-refractivity contribution in [1.82, 2.24) is 0 Å². The van der Waals surface area contributed by atoms with Crippen LogP contribution in [0, 0.1) is 17.3 Å². The second kappa shape index (κ2) is 5.12. The molecule has 5 rings (SSSR count). The first-order chi connectivity index (χ1) is 10.4. The lowest BCUT2D eigenvalue weighted by Crippen LogP contribution is -2.57. The fourth-order valence-electron chi connectivity index (χ4n) is 5.27. The predicted octanol–water partition coefficient (Wildman–Crippen LogP) is 5.67. The minimum Gasteiger partial charge on any atom is -0.324 e. The van der Waals surface area contributed by atoms with Crippen molar-refractivity contribution >= 4 is 50.7 Å². The SMILES string of the molecule is O=C(Nc1cccc(Cl)c1Cl)C12CC3CC(CC(Br)(C3)C1)C2. The number of carbonyl (C=O) groups excluding carboxylic acids is 1. The van der Waals surface area contributed by atoms with Gasteiger partial charge in [0.25, 0.3) is 0 Å². The molecule has 0 aromatic heterocycles. The molecular weight excluding hydrogens is 385 g/mol. The van der Waals surface area contributed by atoms with Gasteiger partial charge in [-0.05, 0) is 62.5 Å². The molecule has 22 heavy (non-hydrogen) atoms. The Kier molecular flexibility index (Phi) is 3.56. The Morgan fingerprint density at radius 3 is 2.50 bits per heavy atom. The van der Waals surface area contributed by atoms with Gasteiger partial charge >= 0.3 is 0 Å². The summed E-state index contributed by atoms with van der Waals surface area (Å²) in [6, 6.07) is 5.36. The molecule has 4 saturated carbocycles. The summed E-state index contributed by atoms with van der Waals surface area (Å²) in [6.45, 7) is 0. The maximum Gasteiger partial charge on any atom is 0.230 e. The number of carbonyl (C=O) groups is 1. The molecule has 0 radical (unpaired) electrons. The summed E-state index contributed by atoms with van der Waals surface area (Å²) in [5, 5.41) is 3.95. The van der Waals surface area contributed by atoms with Crippen LogP contribution in [0.2, 0.25) is 10.0 Å². The third-order valence-electron chi connectivity index (χ3n) is 5.67. The van der Waals surface area contributed by atoms with Gasteiger partial charge in [-0.15, -0.1) is 0 Å². The molecule has 0 aliphatic heterocycles. The van der Waals surface area contributed by atoms with Crippen molar-refractivity contribution in [3.8, 4) is 0 Å². The number of amides is 1. The van der Waals surface area contributed by atoms with E-state index in [0.717, 1.165) is 19.3 Å². The van der Waals surface area contributed by atoms with Gasteiger partial charge in [0.15, 0.2) is 0 Å². The van der Waals surface area contributed by atoms with E-state index in [1.54, 1.807) is 6.07 Å². The largest absolute Gasteiger partial charge is 0.324 e. The van der Waals surface area contributed by atoms with E-state index in [4.69, 9.17) is 23.2 Å². The summed E-state index contributed by atoms with van der Waals surface area (Å²) in [4.78, 5) is 13.0. The van der Waals surface area contributed by atoms with Crippen molar-refractivity contribution in [2.45, 2.75) is 42.8 Å². The summed E-state index contributed by atoms with van der Waals surface area (Å²) in [7, 11) is 0. The fourth-order valence-corrected chi connectivity index (χ4v) is 7.07. The van der Waals surface area contributed by atoms with Crippen molar-refractivity contribution in [2.75, 3.05) is 5.32 Å². The second-order valence-corrected chi connectivity index (χ2v) is 9.92. The number of hydrogen-bond acceptors (Lipinski definition) is 1. The van der Waals surface area contributed by atoms with Crippen LogP contribution >= 0.6 is 39.1 Å². The van der Waals surface area contributed by atoms with Gasteiger partial charge < -0.3 is 5.32 Å². The Morgan fingerprint density at radius 1 is 1.18 bits per heavy atom. The minimum absolute atomic E-state index is 0.120. The average molecular weight is 403 g/mol. The smallest absolute Gasteiger partial charge is 0.230 e.